The minimum atomic E-state index is -0.450. The van der Waals surface area contributed by atoms with Gasteiger partial charge in [0.15, 0.2) is 0 Å². The van der Waals surface area contributed by atoms with Crippen molar-refractivity contribution in [2.24, 2.45) is 0 Å². The fourth-order valence-electron chi connectivity index (χ4n) is 3.34. The lowest BCUT2D eigenvalue weighted by atomic mass is 9.78. The van der Waals surface area contributed by atoms with Gasteiger partial charge in [0.25, 0.3) is 0 Å². The summed E-state index contributed by atoms with van der Waals surface area (Å²) in [6.07, 6.45) is 0. The smallest absolute Gasteiger partial charge is 0.494 e. The molecule has 0 amide bonds. The molecule has 1 aliphatic rings. The summed E-state index contributed by atoms with van der Waals surface area (Å²) in [4.78, 5) is 3.23. The minimum Gasteiger partial charge on any atom is -0.497 e. The lowest BCUT2D eigenvalue weighted by Crippen LogP contribution is -2.41. The molecule has 1 aliphatic heterocycles. The normalized spacial score (nSPS) is 18.0. The number of aromatic nitrogens is 1. The Bertz CT molecular complexity index is 1020. The first-order valence-corrected chi connectivity index (χ1v) is 9.51. The van der Waals surface area contributed by atoms with E-state index in [2.05, 4.69) is 4.98 Å². The third kappa shape index (κ3) is 3.10. The van der Waals surface area contributed by atoms with Crippen LogP contribution in [0.15, 0.2) is 36.4 Å². The third-order valence-electron chi connectivity index (χ3n) is 5.69. The zero-order valence-electron chi connectivity index (χ0n) is 16.5. The van der Waals surface area contributed by atoms with E-state index in [1.54, 1.807) is 6.07 Å². The van der Waals surface area contributed by atoms with Gasteiger partial charge in [-0.1, -0.05) is 23.7 Å². The van der Waals surface area contributed by atoms with Crippen LogP contribution in [0.2, 0.25) is 5.02 Å². The van der Waals surface area contributed by atoms with Gasteiger partial charge in [0.2, 0.25) is 0 Å². The molecule has 1 fully saturated rings. The Kier molecular flexibility index (Phi) is 4.49. The van der Waals surface area contributed by atoms with E-state index in [1.165, 1.54) is 13.2 Å². The molecule has 2 heterocycles. The molecule has 0 saturated carbocycles. The highest BCUT2D eigenvalue weighted by Gasteiger charge is 2.51. The maximum atomic E-state index is 14.6. The third-order valence-corrected chi connectivity index (χ3v) is 5.99. The summed E-state index contributed by atoms with van der Waals surface area (Å²) >= 11 is 6.29. The van der Waals surface area contributed by atoms with E-state index >= 15 is 0 Å². The fraction of sp³-hybridized carbons (Fsp3) is 0.333. The standard InChI is InChI=1S/C21H22BClFNO3/c1-20(2)21(3,4)28-22(27-20)13-6-7-17-12(8-13)9-18(25-17)19-15(23)10-14(26-5)11-16(19)24/h6-11,25H,1-5H3. The summed E-state index contributed by atoms with van der Waals surface area (Å²) in [7, 11) is 1.03. The number of nitrogens with one attached hydrogen (secondary N) is 1. The molecule has 2 aromatic carbocycles. The van der Waals surface area contributed by atoms with Crippen molar-refractivity contribution in [2.75, 3.05) is 7.11 Å². The molecule has 28 heavy (non-hydrogen) atoms. The van der Waals surface area contributed by atoms with Crippen molar-refractivity contribution in [1.29, 1.82) is 0 Å². The lowest BCUT2D eigenvalue weighted by Gasteiger charge is -2.32. The second-order valence-corrected chi connectivity index (χ2v) is 8.49. The zero-order valence-corrected chi connectivity index (χ0v) is 17.3. The van der Waals surface area contributed by atoms with E-state index in [1.807, 2.05) is 52.0 Å². The molecular formula is C21H22BClFNO3. The molecule has 1 saturated heterocycles. The van der Waals surface area contributed by atoms with Gasteiger partial charge in [-0.25, -0.2) is 4.39 Å². The van der Waals surface area contributed by atoms with Crippen LogP contribution in [0.3, 0.4) is 0 Å². The topological polar surface area (TPSA) is 43.5 Å². The SMILES string of the molecule is COc1cc(F)c(-c2cc3cc(B4OC(C)(C)C(C)(C)O4)ccc3[nH]2)c(Cl)c1. The largest absolute Gasteiger partial charge is 0.497 e. The van der Waals surface area contributed by atoms with E-state index in [4.69, 9.17) is 25.6 Å². The summed E-state index contributed by atoms with van der Waals surface area (Å²) in [5.41, 5.74) is 1.90. The number of hydrogen-bond donors (Lipinski definition) is 1. The van der Waals surface area contributed by atoms with Gasteiger partial charge in [-0.3, -0.25) is 0 Å². The minimum absolute atomic E-state index is 0.287. The van der Waals surface area contributed by atoms with Gasteiger partial charge in [0.1, 0.15) is 11.6 Å². The summed E-state index contributed by atoms with van der Waals surface area (Å²) in [5.74, 6) is -0.0625. The molecule has 0 spiro atoms. The number of halogens is 2. The monoisotopic (exact) mass is 401 g/mol. The Balaban J connectivity index is 1.73. The van der Waals surface area contributed by atoms with E-state index in [0.717, 1.165) is 16.4 Å². The van der Waals surface area contributed by atoms with Gasteiger partial charge >= 0.3 is 7.12 Å². The highest BCUT2D eigenvalue weighted by Crippen LogP contribution is 2.37. The Morgan fingerprint density at radius 3 is 2.32 bits per heavy atom. The maximum Gasteiger partial charge on any atom is 0.494 e. The maximum absolute atomic E-state index is 14.6. The molecule has 0 aliphatic carbocycles. The highest BCUT2D eigenvalue weighted by atomic mass is 35.5. The van der Waals surface area contributed by atoms with Gasteiger partial charge in [-0.2, -0.15) is 0 Å². The first-order chi connectivity index (χ1) is 13.1. The van der Waals surface area contributed by atoms with Crippen molar-refractivity contribution < 1.29 is 18.4 Å². The number of H-pyrrole nitrogens is 1. The zero-order chi connectivity index (χ0) is 20.3. The summed E-state index contributed by atoms with van der Waals surface area (Å²) in [5, 5.41) is 1.21. The molecule has 1 aromatic heterocycles. The average Bonchev–Trinajstić information content (AvgIpc) is 3.11. The van der Waals surface area contributed by atoms with Gasteiger partial charge in [-0.15, -0.1) is 0 Å². The van der Waals surface area contributed by atoms with Gasteiger partial charge in [0, 0.05) is 11.6 Å². The van der Waals surface area contributed by atoms with Gasteiger partial charge in [0.05, 0.1) is 34.6 Å². The van der Waals surface area contributed by atoms with Crippen LogP contribution in [0.5, 0.6) is 5.75 Å². The van der Waals surface area contributed by atoms with E-state index in [0.29, 0.717) is 17.0 Å². The number of fused-ring (bicyclic) bond motifs is 1. The molecule has 0 radical (unpaired) electrons. The Hall–Kier alpha value is -2.02. The van der Waals surface area contributed by atoms with Crippen LogP contribution in [0.1, 0.15) is 27.7 Å². The van der Waals surface area contributed by atoms with E-state index in [-0.39, 0.29) is 5.02 Å². The number of ether oxygens (including phenoxy) is 1. The number of aromatic amines is 1. The van der Waals surface area contributed by atoms with Crippen molar-refractivity contribution >= 4 is 35.1 Å². The Morgan fingerprint density at radius 2 is 1.71 bits per heavy atom. The van der Waals surface area contributed by atoms with Gasteiger partial charge < -0.3 is 19.0 Å². The summed E-state index contributed by atoms with van der Waals surface area (Å²) in [6, 6.07) is 10.7. The molecule has 1 N–H and O–H groups in total. The Labute approximate surface area is 169 Å². The van der Waals surface area contributed by atoms with Crippen molar-refractivity contribution in [3.8, 4) is 17.0 Å². The second-order valence-electron chi connectivity index (χ2n) is 8.08. The molecule has 146 valence electrons. The molecular weight excluding hydrogens is 379 g/mol. The van der Waals surface area contributed by atoms with E-state index < -0.39 is 24.1 Å². The number of rotatable bonds is 3. The second kappa shape index (κ2) is 6.51. The van der Waals surface area contributed by atoms with Crippen LogP contribution in [-0.4, -0.2) is 30.4 Å². The number of hydrogen-bond acceptors (Lipinski definition) is 3. The van der Waals surface area contributed by atoms with Crippen LogP contribution < -0.4 is 10.2 Å². The van der Waals surface area contributed by atoms with Crippen molar-refractivity contribution in [2.45, 2.75) is 38.9 Å². The fourth-order valence-corrected chi connectivity index (χ4v) is 3.64. The summed E-state index contributed by atoms with van der Waals surface area (Å²) < 4.78 is 31.9. The van der Waals surface area contributed by atoms with Crippen molar-refractivity contribution in [1.82, 2.24) is 4.98 Å². The predicted molar refractivity (Wildman–Crippen MR) is 111 cm³/mol. The van der Waals surface area contributed by atoms with Crippen LogP contribution in [0, 0.1) is 5.82 Å². The van der Waals surface area contributed by atoms with Gasteiger partial charge in [-0.05, 0) is 56.7 Å². The molecule has 3 aromatic rings. The van der Waals surface area contributed by atoms with Crippen molar-refractivity contribution in [3.05, 3.63) is 47.2 Å². The summed E-state index contributed by atoms with van der Waals surface area (Å²) in [6.45, 7) is 8.09. The molecule has 4 nitrogen and oxygen atoms in total. The van der Waals surface area contributed by atoms with Crippen LogP contribution in [-0.2, 0) is 9.31 Å². The average molecular weight is 402 g/mol. The number of methoxy groups -OCH3 is 1. The lowest BCUT2D eigenvalue weighted by molar-refractivity contribution is 0.00578. The predicted octanol–water partition coefficient (Wildman–Crippen LogP) is 4.94. The first kappa shape index (κ1) is 19.3. The van der Waals surface area contributed by atoms with Crippen LogP contribution >= 0.6 is 11.6 Å². The highest BCUT2D eigenvalue weighted by molar-refractivity contribution is 6.62. The molecule has 7 heteroatoms. The molecule has 0 bridgehead atoms. The Morgan fingerprint density at radius 1 is 1.04 bits per heavy atom. The molecule has 0 unspecified atom stereocenters. The van der Waals surface area contributed by atoms with E-state index in [9.17, 15) is 4.39 Å². The first-order valence-electron chi connectivity index (χ1n) is 9.13. The molecule has 4 rings (SSSR count). The van der Waals surface area contributed by atoms with Crippen LogP contribution in [0.4, 0.5) is 4.39 Å². The number of benzene rings is 2. The molecule has 0 atom stereocenters. The quantitative estimate of drug-likeness (QED) is 0.633. The van der Waals surface area contributed by atoms with Crippen molar-refractivity contribution in [3.63, 3.8) is 0 Å². The van der Waals surface area contributed by atoms with Crippen LogP contribution in [0.25, 0.3) is 22.2 Å².